The Morgan fingerprint density at radius 2 is 1.92 bits per heavy atom. The van der Waals surface area contributed by atoms with Crippen molar-refractivity contribution in [2.45, 2.75) is 23.7 Å². The van der Waals surface area contributed by atoms with Gasteiger partial charge in [-0.05, 0) is 0 Å². The number of hydrogen-bond acceptors (Lipinski definition) is 0. The molecule has 0 atom stereocenters. The molecule has 0 nitrogen and oxygen atoms in total. The molecule has 0 saturated heterocycles. The van der Waals surface area contributed by atoms with E-state index < -0.39 is 0 Å². The van der Waals surface area contributed by atoms with Crippen molar-refractivity contribution in [3.8, 4) is 0 Å². The van der Waals surface area contributed by atoms with Crippen molar-refractivity contribution >= 4 is 24.5 Å². The fraction of sp³-hybridized carbons (Fsp3) is 0.333. The number of hydrogen-bond donors (Lipinski definition) is 0. The molecule has 1 rings (SSSR count). The maximum atomic E-state index is 3.73. The second-order valence-corrected chi connectivity index (χ2v) is 6.28. The molecular formula is C12H16Te. The molecule has 70 valence electrons. The summed E-state index contributed by atoms with van der Waals surface area (Å²) < 4.78 is 3.02. The van der Waals surface area contributed by atoms with E-state index in [1.165, 1.54) is 23.7 Å². The van der Waals surface area contributed by atoms with Crippen LogP contribution >= 0.6 is 0 Å². The van der Waals surface area contributed by atoms with Gasteiger partial charge < -0.3 is 0 Å². The molecule has 0 N–H and O–H groups in total. The number of benzene rings is 1. The molecule has 0 heterocycles. The fourth-order valence-corrected chi connectivity index (χ4v) is 3.76. The Hall–Kier alpha value is -0.250. The molecule has 0 aromatic heterocycles. The van der Waals surface area contributed by atoms with Gasteiger partial charge in [-0.25, -0.2) is 0 Å². The average Bonchev–Trinajstić information content (AvgIpc) is 2.19. The second kappa shape index (κ2) is 7.18. The standard InChI is InChI=1S/C12H16Te/c1-2-3-4-8-11-13-12-9-6-5-7-10-12/h2,5-7,9-10H,1,3-4,8,11H2. The molecule has 1 aromatic carbocycles. The first kappa shape index (κ1) is 10.8. The van der Waals surface area contributed by atoms with Crippen molar-refractivity contribution in [2.75, 3.05) is 0 Å². The van der Waals surface area contributed by atoms with Gasteiger partial charge in [-0.2, -0.15) is 0 Å². The molecule has 0 saturated carbocycles. The van der Waals surface area contributed by atoms with Crippen LogP contribution in [0.2, 0.25) is 4.47 Å². The van der Waals surface area contributed by atoms with Crippen LogP contribution in [0.5, 0.6) is 0 Å². The van der Waals surface area contributed by atoms with Gasteiger partial charge in [0.1, 0.15) is 0 Å². The van der Waals surface area contributed by atoms with Crippen LogP contribution in [0, 0.1) is 0 Å². The number of rotatable bonds is 6. The van der Waals surface area contributed by atoms with Crippen LogP contribution in [-0.2, 0) is 0 Å². The molecule has 0 radical (unpaired) electrons. The zero-order chi connectivity index (χ0) is 9.36. The summed E-state index contributed by atoms with van der Waals surface area (Å²) in [6.45, 7) is 3.73. The second-order valence-electron chi connectivity index (χ2n) is 2.95. The Morgan fingerprint density at radius 3 is 2.62 bits per heavy atom. The molecule has 0 aliphatic heterocycles. The predicted octanol–water partition coefficient (Wildman–Crippen LogP) is 2.79. The van der Waals surface area contributed by atoms with E-state index >= 15 is 0 Å². The Morgan fingerprint density at radius 1 is 1.15 bits per heavy atom. The normalized spacial score (nSPS) is 9.85. The molecule has 1 aromatic rings. The molecule has 0 amide bonds. The van der Waals surface area contributed by atoms with Gasteiger partial charge in [0, 0.05) is 0 Å². The van der Waals surface area contributed by atoms with Crippen LogP contribution in [0.1, 0.15) is 19.3 Å². The third kappa shape index (κ3) is 5.13. The summed E-state index contributed by atoms with van der Waals surface area (Å²) in [4.78, 5) is 0. The minimum absolute atomic E-state index is 0.103. The first-order valence-electron chi connectivity index (χ1n) is 4.72. The SMILES string of the molecule is C=CCCCC[Te]c1ccccc1. The van der Waals surface area contributed by atoms with E-state index in [1.54, 1.807) is 3.61 Å². The molecule has 0 unspecified atom stereocenters. The topological polar surface area (TPSA) is 0 Å². The molecular weight excluding hydrogens is 272 g/mol. The zero-order valence-electron chi connectivity index (χ0n) is 7.91. The molecule has 1 heteroatoms. The molecule has 0 aliphatic rings. The van der Waals surface area contributed by atoms with E-state index in [9.17, 15) is 0 Å². The van der Waals surface area contributed by atoms with Gasteiger partial charge in [0.25, 0.3) is 0 Å². The van der Waals surface area contributed by atoms with Gasteiger partial charge in [-0.15, -0.1) is 0 Å². The van der Waals surface area contributed by atoms with Crippen molar-refractivity contribution in [1.82, 2.24) is 0 Å². The monoisotopic (exact) mass is 290 g/mol. The summed E-state index contributed by atoms with van der Waals surface area (Å²) in [7, 11) is 0. The van der Waals surface area contributed by atoms with E-state index in [0.29, 0.717) is 0 Å². The molecule has 0 fully saturated rings. The van der Waals surface area contributed by atoms with E-state index in [4.69, 9.17) is 0 Å². The van der Waals surface area contributed by atoms with Crippen LogP contribution in [0.25, 0.3) is 0 Å². The van der Waals surface area contributed by atoms with Crippen LogP contribution in [0.15, 0.2) is 43.0 Å². The minimum atomic E-state index is 0.103. The van der Waals surface area contributed by atoms with Gasteiger partial charge >= 0.3 is 91.3 Å². The molecule has 0 aliphatic carbocycles. The Kier molecular flexibility index (Phi) is 5.98. The third-order valence-electron chi connectivity index (χ3n) is 1.81. The fourth-order valence-electron chi connectivity index (χ4n) is 1.10. The first-order chi connectivity index (χ1) is 6.43. The van der Waals surface area contributed by atoms with Crippen LogP contribution < -0.4 is 3.61 Å². The van der Waals surface area contributed by atoms with E-state index in [1.807, 2.05) is 6.08 Å². The van der Waals surface area contributed by atoms with E-state index in [2.05, 4.69) is 36.9 Å². The van der Waals surface area contributed by atoms with Crippen LogP contribution in [-0.4, -0.2) is 20.9 Å². The molecule has 0 bridgehead atoms. The van der Waals surface area contributed by atoms with Crippen molar-refractivity contribution in [1.29, 1.82) is 0 Å². The summed E-state index contributed by atoms with van der Waals surface area (Å²) >= 11 is 0.103. The van der Waals surface area contributed by atoms with Crippen molar-refractivity contribution in [2.24, 2.45) is 0 Å². The quantitative estimate of drug-likeness (QED) is 0.429. The Bertz CT molecular complexity index is 228. The summed E-state index contributed by atoms with van der Waals surface area (Å²) in [5.41, 5.74) is 0. The van der Waals surface area contributed by atoms with E-state index in [0.717, 1.165) is 0 Å². The van der Waals surface area contributed by atoms with Gasteiger partial charge in [0.15, 0.2) is 0 Å². The van der Waals surface area contributed by atoms with Gasteiger partial charge in [-0.1, -0.05) is 0 Å². The van der Waals surface area contributed by atoms with Gasteiger partial charge in [0.05, 0.1) is 0 Å². The number of allylic oxidation sites excluding steroid dienone is 1. The van der Waals surface area contributed by atoms with Gasteiger partial charge in [-0.3, -0.25) is 0 Å². The average molecular weight is 288 g/mol. The molecule has 13 heavy (non-hydrogen) atoms. The van der Waals surface area contributed by atoms with Gasteiger partial charge in [0.2, 0.25) is 0 Å². The maximum absolute atomic E-state index is 3.73. The summed E-state index contributed by atoms with van der Waals surface area (Å²) in [6.07, 6.45) is 5.90. The van der Waals surface area contributed by atoms with Crippen LogP contribution in [0.4, 0.5) is 0 Å². The Balaban J connectivity index is 2.10. The van der Waals surface area contributed by atoms with E-state index in [-0.39, 0.29) is 20.9 Å². The summed E-state index contributed by atoms with van der Waals surface area (Å²) in [5.74, 6) is 0. The molecule has 0 spiro atoms. The van der Waals surface area contributed by atoms with Crippen molar-refractivity contribution in [3.05, 3.63) is 43.0 Å². The Labute approximate surface area is 91.1 Å². The van der Waals surface area contributed by atoms with Crippen molar-refractivity contribution < 1.29 is 0 Å². The van der Waals surface area contributed by atoms with Crippen LogP contribution in [0.3, 0.4) is 0 Å². The van der Waals surface area contributed by atoms with Crippen molar-refractivity contribution in [3.63, 3.8) is 0 Å². The third-order valence-corrected chi connectivity index (χ3v) is 4.95. The number of unbranched alkanes of at least 4 members (excludes halogenated alkanes) is 2. The first-order valence-corrected chi connectivity index (χ1v) is 7.53. The zero-order valence-corrected chi connectivity index (χ0v) is 10.2. The summed E-state index contributed by atoms with van der Waals surface area (Å²) in [6, 6.07) is 10.9. The predicted molar refractivity (Wildman–Crippen MR) is 60.7 cm³/mol. The summed E-state index contributed by atoms with van der Waals surface area (Å²) in [5, 5.41) is 0.